The van der Waals surface area contributed by atoms with Crippen molar-refractivity contribution in [2.75, 3.05) is 24.3 Å². The van der Waals surface area contributed by atoms with Gasteiger partial charge in [0.15, 0.2) is 0 Å². The molecule has 0 aliphatic heterocycles. The number of methoxy groups -OCH3 is 1. The quantitative estimate of drug-likeness (QED) is 0.613. The maximum atomic E-state index is 12.1. The summed E-state index contributed by atoms with van der Waals surface area (Å²) in [5.74, 6) is -0.0741. The number of anilines is 2. The van der Waals surface area contributed by atoms with Crippen molar-refractivity contribution >= 4 is 34.6 Å². The zero-order valence-corrected chi connectivity index (χ0v) is 13.9. The molecule has 0 heterocycles. The van der Waals surface area contributed by atoms with E-state index in [-0.39, 0.29) is 17.9 Å². The Labute approximate surface area is 143 Å². The number of carbonyl (C=O) groups excluding carboxylic acids is 1. The first-order valence-electron chi connectivity index (χ1n) is 7.03. The van der Waals surface area contributed by atoms with E-state index in [0.717, 1.165) is 11.3 Å². The molecule has 126 valence electrons. The van der Waals surface area contributed by atoms with Crippen LogP contribution in [0.2, 0.25) is 5.02 Å². The fourth-order valence-electron chi connectivity index (χ4n) is 2.05. The third kappa shape index (κ3) is 4.36. The van der Waals surface area contributed by atoms with Gasteiger partial charge in [-0.05, 0) is 36.8 Å². The molecule has 0 bridgehead atoms. The molecule has 2 aromatic rings. The number of rotatable bonds is 6. The van der Waals surface area contributed by atoms with Crippen LogP contribution >= 0.6 is 11.6 Å². The van der Waals surface area contributed by atoms with Crippen LogP contribution in [0.15, 0.2) is 36.4 Å². The third-order valence-corrected chi connectivity index (χ3v) is 3.55. The van der Waals surface area contributed by atoms with Crippen LogP contribution in [-0.4, -0.2) is 24.5 Å². The van der Waals surface area contributed by atoms with E-state index in [4.69, 9.17) is 16.3 Å². The molecule has 0 radical (unpaired) electrons. The minimum absolute atomic E-state index is 0.0512. The molecule has 0 aliphatic carbocycles. The average Bonchev–Trinajstić information content (AvgIpc) is 2.55. The second-order valence-electron chi connectivity index (χ2n) is 5.00. The molecule has 0 atom stereocenters. The van der Waals surface area contributed by atoms with E-state index in [2.05, 4.69) is 10.6 Å². The number of nitro groups is 1. The minimum Gasteiger partial charge on any atom is -0.496 e. The van der Waals surface area contributed by atoms with Crippen molar-refractivity contribution in [3.8, 4) is 5.75 Å². The SMILES string of the molecule is COc1ccc(NC(=O)CNc2cc(Cl)ccc2C)c([N+](=O)[O-])c1. The second-order valence-corrected chi connectivity index (χ2v) is 5.44. The Morgan fingerprint density at radius 2 is 2.00 bits per heavy atom. The van der Waals surface area contributed by atoms with Crippen molar-refractivity contribution in [3.63, 3.8) is 0 Å². The number of amides is 1. The molecule has 7 nitrogen and oxygen atoms in total. The Morgan fingerprint density at radius 1 is 1.25 bits per heavy atom. The number of hydrogen-bond donors (Lipinski definition) is 2. The Bertz CT molecular complexity index is 780. The number of nitrogens with one attached hydrogen (secondary N) is 2. The van der Waals surface area contributed by atoms with Crippen LogP contribution in [0.5, 0.6) is 5.75 Å². The molecule has 0 saturated carbocycles. The monoisotopic (exact) mass is 349 g/mol. The highest BCUT2D eigenvalue weighted by molar-refractivity contribution is 6.30. The van der Waals surface area contributed by atoms with E-state index in [9.17, 15) is 14.9 Å². The summed E-state index contributed by atoms with van der Waals surface area (Å²) in [5.41, 5.74) is 1.53. The molecule has 0 spiro atoms. The molecular formula is C16H16ClN3O4. The summed E-state index contributed by atoms with van der Waals surface area (Å²) >= 11 is 5.92. The lowest BCUT2D eigenvalue weighted by atomic mass is 10.2. The van der Waals surface area contributed by atoms with Crippen molar-refractivity contribution in [2.45, 2.75) is 6.92 Å². The Kier molecular flexibility index (Phi) is 5.59. The summed E-state index contributed by atoms with van der Waals surface area (Å²) in [5, 5.41) is 17.1. The standard InChI is InChI=1S/C16H16ClN3O4/c1-10-3-4-11(17)7-14(10)18-9-16(21)19-13-6-5-12(24-2)8-15(13)20(22)23/h3-8,18H,9H2,1-2H3,(H,19,21). The fraction of sp³-hybridized carbons (Fsp3) is 0.188. The minimum atomic E-state index is -0.577. The number of aryl methyl sites for hydroxylation is 1. The molecule has 0 saturated heterocycles. The smallest absolute Gasteiger partial charge is 0.296 e. The van der Waals surface area contributed by atoms with E-state index < -0.39 is 10.8 Å². The summed E-state index contributed by atoms with van der Waals surface area (Å²) in [6.07, 6.45) is 0. The highest BCUT2D eigenvalue weighted by Gasteiger charge is 2.17. The van der Waals surface area contributed by atoms with E-state index in [1.165, 1.54) is 25.3 Å². The van der Waals surface area contributed by atoms with E-state index in [1.807, 2.05) is 13.0 Å². The number of nitrogens with zero attached hydrogens (tertiary/aromatic N) is 1. The Morgan fingerprint density at radius 3 is 2.67 bits per heavy atom. The van der Waals surface area contributed by atoms with E-state index in [0.29, 0.717) is 10.8 Å². The lowest BCUT2D eigenvalue weighted by Crippen LogP contribution is -2.22. The summed E-state index contributed by atoms with van der Waals surface area (Å²) in [7, 11) is 1.41. The van der Waals surface area contributed by atoms with Crippen LogP contribution in [0, 0.1) is 17.0 Å². The molecule has 1 amide bonds. The number of carbonyl (C=O) groups is 1. The molecule has 0 aliphatic rings. The van der Waals surface area contributed by atoms with Crippen molar-refractivity contribution in [2.24, 2.45) is 0 Å². The first-order valence-corrected chi connectivity index (χ1v) is 7.41. The number of halogens is 1. The number of ether oxygens (including phenoxy) is 1. The topological polar surface area (TPSA) is 93.5 Å². The molecule has 0 unspecified atom stereocenters. The lowest BCUT2D eigenvalue weighted by molar-refractivity contribution is -0.384. The van der Waals surface area contributed by atoms with Crippen LogP contribution in [0.3, 0.4) is 0 Å². The molecule has 2 N–H and O–H groups in total. The van der Waals surface area contributed by atoms with Gasteiger partial charge in [0, 0.05) is 10.7 Å². The van der Waals surface area contributed by atoms with Crippen molar-refractivity contribution in [1.29, 1.82) is 0 Å². The van der Waals surface area contributed by atoms with Gasteiger partial charge in [0.1, 0.15) is 11.4 Å². The second kappa shape index (κ2) is 7.65. The van der Waals surface area contributed by atoms with E-state index >= 15 is 0 Å². The van der Waals surface area contributed by atoms with Gasteiger partial charge in [0.2, 0.25) is 5.91 Å². The first kappa shape index (κ1) is 17.6. The summed E-state index contributed by atoms with van der Waals surface area (Å²) in [4.78, 5) is 22.6. The van der Waals surface area contributed by atoms with Gasteiger partial charge in [0.25, 0.3) is 5.69 Å². The van der Waals surface area contributed by atoms with Gasteiger partial charge in [-0.2, -0.15) is 0 Å². The van der Waals surface area contributed by atoms with Gasteiger partial charge in [-0.1, -0.05) is 17.7 Å². The van der Waals surface area contributed by atoms with Crippen molar-refractivity contribution < 1.29 is 14.5 Å². The van der Waals surface area contributed by atoms with Crippen molar-refractivity contribution in [3.05, 3.63) is 57.1 Å². The Balaban J connectivity index is 2.07. The largest absolute Gasteiger partial charge is 0.496 e. The highest BCUT2D eigenvalue weighted by Crippen LogP contribution is 2.29. The van der Waals surface area contributed by atoms with Gasteiger partial charge in [-0.25, -0.2) is 0 Å². The summed E-state index contributed by atoms with van der Waals surface area (Å²) < 4.78 is 4.95. The van der Waals surface area contributed by atoms with Crippen LogP contribution in [0.4, 0.5) is 17.1 Å². The number of nitro benzene ring substituents is 1. The fourth-order valence-corrected chi connectivity index (χ4v) is 2.22. The van der Waals surface area contributed by atoms with Crippen LogP contribution in [0.25, 0.3) is 0 Å². The van der Waals surface area contributed by atoms with Crippen LogP contribution in [0.1, 0.15) is 5.56 Å². The predicted molar refractivity (Wildman–Crippen MR) is 93.0 cm³/mol. The maximum Gasteiger partial charge on any atom is 0.296 e. The molecule has 0 aromatic heterocycles. The zero-order chi connectivity index (χ0) is 17.7. The number of benzene rings is 2. The molecule has 2 aromatic carbocycles. The van der Waals surface area contributed by atoms with Gasteiger partial charge in [0.05, 0.1) is 24.6 Å². The molecule has 24 heavy (non-hydrogen) atoms. The van der Waals surface area contributed by atoms with Crippen molar-refractivity contribution in [1.82, 2.24) is 0 Å². The first-order chi connectivity index (χ1) is 11.4. The molecule has 2 rings (SSSR count). The van der Waals surface area contributed by atoms with Gasteiger partial charge in [-0.3, -0.25) is 14.9 Å². The van der Waals surface area contributed by atoms with Gasteiger partial charge < -0.3 is 15.4 Å². The average molecular weight is 350 g/mol. The lowest BCUT2D eigenvalue weighted by Gasteiger charge is -2.11. The molecule has 8 heteroatoms. The number of hydrogen-bond acceptors (Lipinski definition) is 5. The Hall–Kier alpha value is -2.80. The summed E-state index contributed by atoms with van der Waals surface area (Å²) in [6.45, 7) is 1.83. The van der Waals surface area contributed by atoms with Gasteiger partial charge >= 0.3 is 0 Å². The summed E-state index contributed by atoms with van der Waals surface area (Å²) in [6, 6.07) is 9.51. The van der Waals surface area contributed by atoms with Crippen LogP contribution < -0.4 is 15.4 Å². The molecular weight excluding hydrogens is 334 g/mol. The highest BCUT2D eigenvalue weighted by atomic mass is 35.5. The molecule has 0 fully saturated rings. The van der Waals surface area contributed by atoms with E-state index in [1.54, 1.807) is 12.1 Å². The normalized spacial score (nSPS) is 10.1. The predicted octanol–water partition coefficient (Wildman–Crippen LogP) is 3.62. The third-order valence-electron chi connectivity index (χ3n) is 3.31. The zero-order valence-electron chi connectivity index (χ0n) is 13.1. The van der Waals surface area contributed by atoms with Crippen LogP contribution in [-0.2, 0) is 4.79 Å². The maximum absolute atomic E-state index is 12.1. The van der Waals surface area contributed by atoms with Gasteiger partial charge in [-0.15, -0.1) is 0 Å².